The molecule has 4 nitrogen and oxygen atoms in total. The minimum Gasteiger partial charge on any atom is -0.382 e. The van der Waals surface area contributed by atoms with Crippen molar-refractivity contribution in [3.8, 4) is 6.07 Å². The van der Waals surface area contributed by atoms with Gasteiger partial charge in [0.05, 0.1) is 5.69 Å². The minimum absolute atomic E-state index is 0.183. The Bertz CT molecular complexity index is 697. The highest BCUT2D eigenvalue weighted by molar-refractivity contribution is 7.99. The predicted octanol–water partition coefficient (Wildman–Crippen LogP) is 3.55. The van der Waals surface area contributed by atoms with Crippen molar-refractivity contribution in [3.63, 3.8) is 0 Å². The number of nitrogens with zero attached hydrogens (tertiary/aromatic N) is 3. The topological polar surface area (TPSA) is 75.6 Å². The van der Waals surface area contributed by atoms with Crippen LogP contribution in [0.4, 0.5) is 10.2 Å². The second-order valence-corrected chi connectivity index (χ2v) is 5.90. The number of nitrogen functional groups attached to an aromatic ring is 1. The first-order chi connectivity index (χ1) is 10.6. The van der Waals surface area contributed by atoms with Crippen molar-refractivity contribution < 1.29 is 4.39 Å². The number of halogens is 1. The van der Waals surface area contributed by atoms with E-state index in [-0.39, 0.29) is 17.2 Å². The number of hydrogen-bond donors (Lipinski definition) is 1. The number of nitriles is 1. The summed E-state index contributed by atoms with van der Waals surface area (Å²) in [6.45, 7) is 2.12. The molecular weight excluding hydrogens is 299 g/mol. The number of unbranched alkanes of at least 4 members (excludes halogenated alkanes) is 1. The van der Waals surface area contributed by atoms with Crippen molar-refractivity contribution >= 4 is 17.6 Å². The normalized spacial score (nSPS) is 10.4. The summed E-state index contributed by atoms with van der Waals surface area (Å²) in [5, 5.41) is 9.81. The van der Waals surface area contributed by atoms with Crippen LogP contribution in [0.25, 0.3) is 0 Å². The van der Waals surface area contributed by atoms with Gasteiger partial charge in [-0.05, 0) is 24.1 Å². The standard InChI is InChI=1S/C16H17FN4S/c1-2-3-7-22-16-20-14(13(10-18)15(19)21-16)9-11-5-4-6-12(17)8-11/h4-6,8H,2-3,7,9H2,1H3,(H2,19,20,21). The van der Waals surface area contributed by atoms with E-state index in [0.717, 1.165) is 24.2 Å². The number of thioether (sulfide) groups is 1. The molecule has 0 amide bonds. The molecule has 0 aliphatic rings. The van der Waals surface area contributed by atoms with Crippen LogP contribution in [0.2, 0.25) is 0 Å². The van der Waals surface area contributed by atoms with Gasteiger partial charge in [-0.15, -0.1) is 0 Å². The molecule has 0 radical (unpaired) electrons. The fourth-order valence-electron chi connectivity index (χ4n) is 1.97. The lowest BCUT2D eigenvalue weighted by Gasteiger charge is -2.08. The zero-order valence-corrected chi connectivity index (χ0v) is 13.2. The lowest BCUT2D eigenvalue weighted by Crippen LogP contribution is -2.06. The molecular formula is C16H17FN4S. The van der Waals surface area contributed by atoms with Gasteiger partial charge in [0.2, 0.25) is 0 Å². The van der Waals surface area contributed by atoms with Crippen LogP contribution >= 0.6 is 11.8 Å². The summed E-state index contributed by atoms with van der Waals surface area (Å²) in [4.78, 5) is 8.60. The minimum atomic E-state index is -0.310. The molecule has 1 aromatic carbocycles. The van der Waals surface area contributed by atoms with Crippen LogP contribution in [0.15, 0.2) is 29.4 Å². The summed E-state index contributed by atoms with van der Waals surface area (Å²) < 4.78 is 13.3. The summed E-state index contributed by atoms with van der Waals surface area (Å²) in [6, 6.07) is 8.29. The molecule has 0 saturated carbocycles. The van der Waals surface area contributed by atoms with Gasteiger partial charge in [-0.25, -0.2) is 14.4 Å². The van der Waals surface area contributed by atoms with E-state index in [4.69, 9.17) is 5.73 Å². The molecule has 0 fully saturated rings. The van der Waals surface area contributed by atoms with E-state index in [1.165, 1.54) is 23.9 Å². The molecule has 22 heavy (non-hydrogen) atoms. The molecule has 0 bridgehead atoms. The largest absolute Gasteiger partial charge is 0.382 e. The van der Waals surface area contributed by atoms with Crippen molar-refractivity contribution in [1.29, 1.82) is 5.26 Å². The van der Waals surface area contributed by atoms with Crippen molar-refractivity contribution in [1.82, 2.24) is 9.97 Å². The zero-order chi connectivity index (χ0) is 15.9. The molecule has 0 aliphatic carbocycles. The molecule has 2 aromatic rings. The van der Waals surface area contributed by atoms with Gasteiger partial charge < -0.3 is 5.73 Å². The summed E-state index contributed by atoms with van der Waals surface area (Å²) in [5.74, 6) is 0.778. The average molecular weight is 316 g/mol. The van der Waals surface area contributed by atoms with Crippen LogP contribution < -0.4 is 5.73 Å². The van der Waals surface area contributed by atoms with E-state index in [0.29, 0.717) is 17.3 Å². The molecule has 6 heteroatoms. The van der Waals surface area contributed by atoms with Gasteiger partial charge in [-0.2, -0.15) is 5.26 Å². The molecule has 0 saturated heterocycles. The van der Waals surface area contributed by atoms with Crippen LogP contribution in [-0.2, 0) is 6.42 Å². The summed E-state index contributed by atoms with van der Waals surface area (Å²) in [6.07, 6.45) is 2.51. The third-order valence-corrected chi connectivity index (χ3v) is 4.03. The van der Waals surface area contributed by atoms with Crippen LogP contribution in [0.1, 0.15) is 36.6 Å². The molecule has 0 atom stereocenters. The second-order valence-electron chi connectivity index (χ2n) is 4.83. The lowest BCUT2D eigenvalue weighted by molar-refractivity contribution is 0.626. The van der Waals surface area contributed by atoms with Gasteiger partial charge >= 0.3 is 0 Å². The van der Waals surface area contributed by atoms with Gasteiger partial charge in [0.15, 0.2) is 5.16 Å². The zero-order valence-electron chi connectivity index (χ0n) is 12.3. The number of benzene rings is 1. The Hall–Kier alpha value is -2.13. The quantitative estimate of drug-likeness (QED) is 0.501. The fourth-order valence-corrected chi connectivity index (χ4v) is 2.92. The molecule has 0 aliphatic heterocycles. The summed E-state index contributed by atoms with van der Waals surface area (Å²) in [7, 11) is 0. The Kier molecular flexibility index (Phi) is 5.73. The Labute approximate surface area is 133 Å². The van der Waals surface area contributed by atoms with E-state index >= 15 is 0 Å². The molecule has 2 rings (SSSR count). The third-order valence-electron chi connectivity index (χ3n) is 3.09. The summed E-state index contributed by atoms with van der Waals surface area (Å²) >= 11 is 1.52. The number of hydrogen-bond acceptors (Lipinski definition) is 5. The van der Waals surface area contributed by atoms with E-state index in [1.807, 2.05) is 6.07 Å². The van der Waals surface area contributed by atoms with Crippen molar-refractivity contribution in [3.05, 3.63) is 46.9 Å². The maximum atomic E-state index is 13.3. The van der Waals surface area contributed by atoms with Crippen LogP contribution in [0, 0.1) is 17.1 Å². The van der Waals surface area contributed by atoms with Crippen LogP contribution in [0.5, 0.6) is 0 Å². The number of aromatic nitrogens is 2. The first-order valence-electron chi connectivity index (χ1n) is 7.07. The monoisotopic (exact) mass is 316 g/mol. The van der Waals surface area contributed by atoms with Gasteiger partial charge in [0.1, 0.15) is 23.3 Å². The first-order valence-corrected chi connectivity index (χ1v) is 8.06. The number of rotatable bonds is 6. The molecule has 1 heterocycles. The maximum absolute atomic E-state index is 13.3. The van der Waals surface area contributed by atoms with Crippen molar-refractivity contribution in [2.24, 2.45) is 0 Å². The van der Waals surface area contributed by atoms with E-state index in [1.54, 1.807) is 12.1 Å². The SMILES string of the molecule is CCCCSc1nc(N)c(C#N)c(Cc2cccc(F)c2)n1. The number of anilines is 1. The second kappa shape index (κ2) is 7.76. The Morgan fingerprint density at radius 3 is 2.86 bits per heavy atom. The van der Waals surface area contributed by atoms with Crippen LogP contribution in [-0.4, -0.2) is 15.7 Å². The molecule has 2 N–H and O–H groups in total. The fraction of sp³-hybridized carbons (Fsp3) is 0.312. The van der Waals surface area contributed by atoms with E-state index in [9.17, 15) is 9.65 Å². The van der Waals surface area contributed by atoms with Gasteiger partial charge in [0, 0.05) is 12.2 Å². The van der Waals surface area contributed by atoms with Gasteiger partial charge in [-0.3, -0.25) is 0 Å². The lowest BCUT2D eigenvalue weighted by atomic mass is 10.1. The average Bonchev–Trinajstić information content (AvgIpc) is 2.47. The highest BCUT2D eigenvalue weighted by Gasteiger charge is 2.13. The Balaban J connectivity index is 2.29. The van der Waals surface area contributed by atoms with Crippen molar-refractivity contribution in [2.75, 3.05) is 11.5 Å². The molecule has 0 unspecified atom stereocenters. The van der Waals surface area contributed by atoms with Gasteiger partial charge in [-0.1, -0.05) is 37.2 Å². The third kappa shape index (κ3) is 4.18. The van der Waals surface area contributed by atoms with Gasteiger partial charge in [0.25, 0.3) is 0 Å². The highest BCUT2D eigenvalue weighted by atomic mass is 32.2. The first kappa shape index (κ1) is 16.2. The molecule has 1 aromatic heterocycles. The molecule has 114 valence electrons. The number of nitrogens with two attached hydrogens (primary N) is 1. The van der Waals surface area contributed by atoms with Crippen molar-refractivity contribution in [2.45, 2.75) is 31.3 Å². The van der Waals surface area contributed by atoms with E-state index in [2.05, 4.69) is 16.9 Å². The Morgan fingerprint density at radius 1 is 1.36 bits per heavy atom. The predicted molar refractivity (Wildman–Crippen MR) is 86.0 cm³/mol. The molecule has 0 spiro atoms. The smallest absolute Gasteiger partial charge is 0.189 e. The van der Waals surface area contributed by atoms with Crippen LogP contribution in [0.3, 0.4) is 0 Å². The van der Waals surface area contributed by atoms with E-state index < -0.39 is 0 Å². The summed E-state index contributed by atoms with van der Waals surface area (Å²) in [5.41, 5.74) is 7.42. The maximum Gasteiger partial charge on any atom is 0.189 e. The highest BCUT2D eigenvalue weighted by Crippen LogP contribution is 2.22. The Morgan fingerprint density at radius 2 is 2.18 bits per heavy atom.